The van der Waals surface area contributed by atoms with Gasteiger partial charge in [0, 0.05) is 99.0 Å². The molecule has 20 nitrogen and oxygen atoms in total. The van der Waals surface area contributed by atoms with E-state index in [1.165, 1.54) is 0 Å². The first-order valence-corrected chi connectivity index (χ1v) is 28.7. The number of nitrogens with one attached hydrogen (secondary N) is 7. The summed E-state index contributed by atoms with van der Waals surface area (Å²) >= 11 is 0. The molecular formula is C64H77N17O3. The number of carbonyl (C=O) groups is 2. The van der Waals surface area contributed by atoms with Crippen LogP contribution in [0.25, 0.3) is 11.3 Å². The van der Waals surface area contributed by atoms with Gasteiger partial charge in [-0.2, -0.15) is 39.2 Å². The lowest BCUT2D eigenvalue weighted by molar-refractivity contribution is 0.101. The van der Waals surface area contributed by atoms with E-state index in [2.05, 4.69) is 118 Å². The largest absolute Gasteiger partial charge is 0.396 e. The van der Waals surface area contributed by atoms with Crippen LogP contribution in [0.1, 0.15) is 110 Å². The van der Waals surface area contributed by atoms with Crippen molar-refractivity contribution in [3.63, 3.8) is 0 Å². The molecule has 84 heavy (non-hydrogen) atoms. The number of hydrogen-bond acceptors (Lipinski definition) is 16. The van der Waals surface area contributed by atoms with E-state index in [0.29, 0.717) is 76.2 Å². The quantitative estimate of drug-likeness (QED) is 0.0295. The summed E-state index contributed by atoms with van der Waals surface area (Å²) in [4.78, 5) is 50.0. The molecule has 436 valence electrons. The predicted octanol–water partition coefficient (Wildman–Crippen LogP) is 12.2. The summed E-state index contributed by atoms with van der Waals surface area (Å²) in [5.41, 5.74) is 10.5. The van der Waals surface area contributed by atoms with Crippen molar-refractivity contribution in [1.82, 2.24) is 44.1 Å². The average Bonchev–Trinajstić information content (AvgIpc) is 4.35. The SMILES string of the molecule is C=CC(=C)Nc1ccc(C(=O)Nc2cccc(Nc3nc(N4CCCCC4CCO)nc4c(CC)cnn34)c2)cc1.C=CC(=C)Nc1ccc(C(=O)Nc2cccc(Nc3nc(NC4CCC(N(C)C)CC4)nc4c(C(C)C)cnn34)c2)cc1. The highest BCUT2D eigenvalue weighted by molar-refractivity contribution is 6.05. The van der Waals surface area contributed by atoms with Gasteiger partial charge in [-0.15, -0.1) is 0 Å². The maximum Gasteiger partial charge on any atom is 0.255 e. The molecule has 0 spiro atoms. The van der Waals surface area contributed by atoms with Crippen molar-refractivity contribution < 1.29 is 14.7 Å². The maximum absolute atomic E-state index is 13.0. The Morgan fingerprint density at radius 2 is 1.21 bits per heavy atom. The lowest BCUT2D eigenvalue weighted by atomic mass is 9.91. The number of amides is 2. The molecule has 8 N–H and O–H groups in total. The van der Waals surface area contributed by atoms with Crippen molar-refractivity contribution in [1.29, 1.82) is 0 Å². The minimum Gasteiger partial charge on any atom is -0.396 e. The number of rotatable bonds is 22. The molecule has 1 unspecified atom stereocenters. The molecule has 1 saturated carbocycles. The van der Waals surface area contributed by atoms with Crippen LogP contribution in [0, 0.1) is 0 Å². The topological polar surface area (TPSA) is 231 Å². The van der Waals surface area contributed by atoms with Gasteiger partial charge in [0.2, 0.25) is 23.8 Å². The van der Waals surface area contributed by atoms with Gasteiger partial charge in [-0.05, 0) is 175 Å². The second kappa shape index (κ2) is 27.6. The highest BCUT2D eigenvalue weighted by Gasteiger charge is 2.27. The van der Waals surface area contributed by atoms with E-state index in [-0.39, 0.29) is 30.4 Å². The van der Waals surface area contributed by atoms with Gasteiger partial charge in [-0.3, -0.25) is 9.59 Å². The molecule has 2 aliphatic rings. The van der Waals surface area contributed by atoms with Crippen LogP contribution in [0.2, 0.25) is 0 Å². The molecular weight excluding hydrogens is 1050 g/mol. The van der Waals surface area contributed by atoms with Crippen molar-refractivity contribution in [3.8, 4) is 0 Å². The van der Waals surface area contributed by atoms with E-state index in [1.54, 1.807) is 45.4 Å². The first-order chi connectivity index (χ1) is 40.7. The van der Waals surface area contributed by atoms with Crippen molar-refractivity contribution in [2.45, 2.75) is 103 Å². The standard InChI is InChI=1S/C33H41N9O.C31H36N8O2/c1-7-22(4)35-24-13-11-23(12-14-24)31(43)36-26-9-8-10-27(19-26)38-33-40-32(37-25-15-17-28(18-16-25)41(5)6)39-30-29(21(2)3)20-34-42(30)33;1-4-21(3)33-24-14-12-23(13-15-24)29(41)34-25-9-8-10-26(19-25)35-31-37-30(36-28-22(5-2)20-32-39(28)31)38-17-7-6-11-27(38)16-18-40/h7-14,19-21,25,28,35H,1,4,15-18H2,2-3,5-6H3,(H,36,43)(H2,37,38,39,40);4,8-10,12-15,19-20,27,33,40H,1,3,5-7,11,16-18H2,2H3,(H,34,41)(H,35,36,37). The van der Waals surface area contributed by atoms with Crippen LogP contribution < -0.4 is 42.1 Å². The summed E-state index contributed by atoms with van der Waals surface area (Å²) in [5, 5.41) is 41.4. The molecule has 10 rings (SSSR count). The zero-order valence-electron chi connectivity index (χ0n) is 48.7. The number of aromatic nitrogens is 8. The normalized spacial score (nSPS) is 15.9. The Bertz CT molecular complexity index is 3620. The van der Waals surface area contributed by atoms with Crippen LogP contribution >= 0.6 is 0 Å². The number of anilines is 10. The van der Waals surface area contributed by atoms with Gasteiger partial charge in [-0.1, -0.05) is 59.2 Å². The van der Waals surface area contributed by atoms with E-state index in [0.717, 1.165) is 103 Å². The van der Waals surface area contributed by atoms with E-state index in [9.17, 15) is 14.7 Å². The summed E-state index contributed by atoms with van der Waals surface area (Å²) in [6, 6.07) is 30.5. The molecule has 4 aromatic carbocycles. The van der Waals surface area contributed by atoms with Crippen molar-refractivity contribution in [3.05, 3.63) is 182 Å². The number of benzene rings is 4. The molecule has 4 aromatic heterocycles. The second-order valence-electron chi connectivity index (χ2n) is 21.6. The predicted molar refractivity (Wildman–Crippen MR) is 339 cm³/mol. The molecule has 1 saturated heterocycles. The Morgan fingerprint density at radius 1 is 0.667 bits per heavy atom. The van der Waals surface area contributed by atoms with Gasteiger partial charge in [0.1, 0.15) is 0 Å². The first kappa shape index (κ1) is 59.2. The average molecular weight is 1130 g/mol. The Labute approximate surface area is 491 Å². The number of aliphatic hydroxyl groups is 1. The molecule has 2 fully saturated rings. The number of carbonyl (C=O) groups excluding carboxylic acids is 2. The fraction of sp³-hybridized carbons (Fsp3) is 0.312. The summed E-state index contributed by atoms with van der Waals surface area (Å²) in [5.74, 6) is 2.13. The van der Waals surface area contributed by atoms with Gasteiger partial charge in [0.25, 0.3) is 11.8 Å². The van der Waals surface area contributed by atoms with Gasteiger partial charge in [-0.25, -0.2) is 0 Å². The lowest BCUT2D eigenvalue weighted by Gasteiger charge is -2.35. The molecule has 20 heteroatoms. The number of hydrogen-bond donors (Lipinski definition) is 8. The summed E-state index contributed by atoms with van der Waals surface area (Å²) in [6.07, 6.45) is 16.1. The second-order valence-corrected chi connectivity index (χ2v) is 21.6. The number of piperidine rings is 1. The summed E-state index contributed by atoms with van der Waals surface area (Å²) < 4.78 is 3.46. The maximum atomic E-state index is 13.0. The van der Waals surface area contributed by atoms with Gasteiger partial charge in [0.05, 0.1) is 12.4 Å². The first-order valence-electron chi connectivity index (χ1n) is 28.7. The number of nitrogens with zero attached hydrogens (tertiary/aromatic N) is 10. The minimum absolute atomic E-state index is 0.131. The van der Waals surface area contributed by atoms with Crippen molar-refractivity contribution in [2.75, 3.05) is 69.4 Å². The van der Waals surface area contributed by atoms with Crippen LogP contribution in [0.15, 0.2) is 159 Å². The van der Waals surface area contributed by atoms with Gasteiger partial charge in [0.15, 0.2) is 11.3 Å². The van der Waals surface area contributed by atoms with Crippen LogP contribution in [0.4, 0.5) is 57.9 Å². The Kier molecular flexibility index (Phi) is 19.4. The third-order valence-electron chi connectivity index (χ3n) is 15.1. The molecule has 0 radical (unpaired) electrons. The number of aliphatic hydroxyl groups excluding tert-OH is 1. The number of fused-ring (bicyclic) bond motifs is 2. The van der Waals surface area contributed by atoms with E-state index in [4.69, 9.17) is 19.9 Å². The van der Waals surface area contributed by atoms with E-state index >= 15 is 0 Å². The van der Waals surface area contributed by atoms with Crippen LogP contribution in [0.5, 0.6) is 0 Å². The highest BCUT2D eigenvalue weighted by Crippen LogP contribution is 2.31. The summed E-state index contributed by atoms with van der Waals surface area (Å²) in [6.45, 7) is 22.4. The molecule has 2 amide bonds. The molecule has 0 bridgehead atoms. The zero-order chi connectivity index (χ0) is 59.3. The number of aryl methyl sites for hydroxylation is 1. The fourth-order valence-electron chi connectivity index (χ4n) is 10.3. The van der Waals surface area contributed by atoms with E-state index in [1.807, 2.05) is 85.2 Å². The Morgan fingerprint density at radius 3 is 1.75 bits per heavy atom. The van der Waals surface area contributed by atoms with Crippen LogP contribution in [-0.4, -0.2) is 106 Å². The Hall–Kier alpha value is -9.40. The number of allylic oxidation sites excluding steroid dienone is 2. The van der Waals surface area contributed by atoms with E-state index < -0.39 is 0 Å². The highest BCUT2D eigenvalue weighted by atomic mass is 16.3. The smallest absolute Gasteiger partial charge is 0.255 e. The lowest BCUT2D eigenvalue weighted by Crippen LogP contribution is -2.41. The molecule has 5 heterocycles. The Balaban J connectivity index is 0.000000202. The molecule has 1 aliphatic carbocycles. The molecule has 1 atom stereocenters. The third kappa shape index (κ3) is 14.8. The van der Waals surface area contributed by atoms with Crippen LogP contribution in [-0.2, 0) is 6.42 Å². The molecule has 8 aromatic rings. The van der Waals surface area contributed by atoms with Crippen molar-refractivity contribution >= 4 is 81.0 Å². The third-order valence-corrected chi connectivity index (χ3v) is 15.1. The summed E-state index contributed by atoms with van der Waals surface area (Å²) in [7, 11) is 4.30. The zero-order valence-corrected chi connectivity index (χ0v) is 48.7. The monoisotopic (exact) mass is 1130 g/mol. The van der Waals surface area contributed by atoms with Crippen molar-refractivity contribution in [2.24, 2.45) is 0 Å². The molecule has 1 aliphatic heterocycles. The van der Waals surface area contributed by atoms with Gasteiger partial charge >= 0.3 is 0 Å². The van der Waals surface area contributed by atoms with Crippen LogP contribution in [0.3, 0.4) is 0 Å². The fourth-order valence-corrected chi connectivity index (χ4v) is 10.3. The van der Waals surface area contributed by atoms with Gasteiger partial charge < -0.3 is 52.1 Å². The minimum atomic E-state index is -0.220.